The van der Waals surface area contributed by atoms with Crippen LogP contribution in [0.2, 0.25) is 0 Å². The molecule has 8 heteroatoms. The van der Waals surface area contributed by atoms with E-state index < -0.39 is 16.7 Å². The topological polar surface area (TPSA) is 92.6 Å². The number of halogens is 1. The van der Waals surface area contributed by atoms with Crippen LogP contribution in [0.3, 0.4) is 0 Å². The van der Waals surface area contributed by atoms with Crippen LogP contribution in [0, 0.1) is 37.8 Å². The number of rotatable bonds is 4. The van der Waals surface area contributed by atoms with Crippen LogP contribution in [0.25, 0.3) is 10.8 Å². The molecular formula is C28H22BrN3O4. The fourth-order valence-electron chi connectivity index (χ4n) is 4.54. The summed E-state index contributed by atoms with van der Waals surface area (Å²) in [5, 5.41) is 16.2. The number of nitrogens with one attached hydrogen (secondary N) is 1. The van der Waals surface area contributed by atoms with Crippen molar-refractivity contribution < 1.29 is 14.5 Å². The fourth-order valence-corrected chi connectivity index (χ4v) is 5.09. The van der Waals surface area contributed by atoms with Crippen LogP contribution in [-0.4, -0.2) is 16.7 Å². The van der Waals surface area contributed by atoms with Gasteiger partial charge < -0.3 is 5.32 Å². The minimum atomic E-state index is -0.589. The minimum absolute atomic E-state index is 0.120. The molecule has 0 radical (unpaired) electrons. The molecule has 0 saturated heterocycles. The third kappa shape index (κ3) is 3.65. The second-order valence-corrected chi connectivity index (χ2v) is 9.91. The first-order valence-corrected chi connectivity index (χ1v) is 12.1. The number of nitro benzene ring substituents is 1. The number of amides is 2. The highest BCUT2D eigenvalue weighted by Crippen LogP contribution is 2.43. The molecule has 0 saturated carbocycles. The number of carbonyl (C=O) groups is 2. The Labute approximate surface area is 216 Å². The van der Waals surface area contributed by atoms with Crippen LogP contribution in [0.15, 0.2) is 59.1 Å². The van der Waals surface area contributed by atoms with E-state index in [0.717, 1.165) is 31.6 Å². The zero-order valence-corrected chi connectivity index (χ0v) is 21.7. The van der Waals surface area contributed by atoms with E-state index in [0.29, 0.717) is 27.7 Å². The number of nitrogens with zero attached hydrogens (tertiary/aromatic N) is 2. The number of benzene rings is 4. The first kappa shape index (κ1) is 23.7. The lowest BCUT2D eigenvalue weighted by atomic mass is 9.91. The van der Waals surface area contributed by atoms with Gasteiger partial charge in [0.15, 0.2) is 0 Å². The highest BCUT2D eigenvalue weighted by Gasteiger charge is 2.37. The van der Waals surface area contributed by atoms with Crippen LogP contribution in [-0.2, 0) is 0 Å². The summed E-state index contributed by atoms with van der Waals surface area (Å²) in [6.45, 7) is 7.78. The third-order valence-electron chi connectivity index (χ3n) is 6.80. The summed E-state index contributed by atoms with van der Waals surface area (Å²) in [4.78, 5) is 40.0. The Bertz CT molecular complexity index is 1640. The van der Waals surface area contributed by atoms with Crippen molar-refractivity contribution in [1.29, 1.82) is 0 Å². The van der Waals surface area contributed by atoms with Gasteiger partial charge in [-0.25, -0.2) is 4.90 Å². The molecule has 1 aliphatic heterocycles. The maximum Gasteiger partial charge on any atom is 0.294 e. The molecule has 0 spiro atoms. The number of anilines is 3. The van der Waals surface area contributed by atoms with Gasteiger partial charge in [-0.15, -0.1) is 0 Å². The van der Waals surface area contributed by atoms with Crippen molar-refractivity contribution >= 4 is 61.3 Å². The van der Waals surface area contributed by atoms with E-state index in [1.165, 1.54) is 6.07 Å². The zero-order chi connectivity index (χ0) is 25.9. The van der Waals surface area contributed by atoms with E-state index in [-0.39, 0.29) is 16.9 Å². The van der Waals surface area contributed by atoms with Crippen molar-refractivity contribution in [2.75, 3.05) is 10.2 Å². The van der Waals surface area contributed by atoms with E-state index >= 15 is 0 Å². The third-order valence-corrected chi connectivity index (χ3v) is 7.45. The predicted octanol–water partition coefficient (Wildman–Crippen LogP) is 7.29. The molecule has 1 aliphatic rings. The summed E-state index contributed by atoms with van der Waals surface area (Å²) in [6, 6.07) is 15.5. The van der Waals surface area contributed by atoms with Crippen molar-refractivity contribution in [1.82, 2.24) is 0 Å². The molecule has 2 amide bonds. The van der Waals surface area contributed by atoms with Crippen LogP contribution in [0.4, 0.5) is 22.7 Å². The van der Waals surface area contributed by atoms with E-state index in [2.05, 4.69) is 21.2 Å². The molecule has 0 aromatic heterocycles. The van der Waals surface area contributed by atoms with Crippen molar-refractivity contribution in [3.8, 4) is 0 Å². The van der Waals surface area contributed by atoms with Crippen molar-refractivity contribution in [3.05, 3.63) is 103 Å². The maximum absolute atomic E-state index is 13.6. The van der Waals surface area contributed by atoms with E-state index in [9.17, 15) is 19.7 Å². The molecule has 0 fully saturated rings. The van der Waals surface area contributed by atoms with Crippen LogP contribution in [0.1, 0.15) is 43.0 Å². The van der Waals surface area contributed by atoms with Crippen LogP contribution >= 0.6 is 15.9 Å². The van der Waals surface area contributed by atoms with Gasteiger partial charge in [-0.3, -0.25) is 19.7 Å². The van der Waals surface area contributed by atoms with Gasteiger partial charge in [0.1, 0.15) is 5.69 Å². The Balaban J connectivity index is 1.75. The number of hydrogen-bond acceptors (Lipinski definition) is 5. The van der Waals surface area contributed by atoms with Crippen molar-refractivity contribution in [3.63, 3.8) is 0 Å². The predicted molar refractivity (Wildman–Crippen MR) is 145 cm³/mol. The lowest BCUT2D eigenvalue weighted by Gasteiger charge is -2.28. The largest absolute Gasteiger partial charge is 0.348 e. The number of imide groups is 1. The highest BCUT2D eigenvalue weighted by molar-refractivity contribution is 9.10. The number of nitro groups is 1. The molecule has 4 aromatic carbocycles. The van der Waals surface area contributed by atoms with Crippen LogP contribution in [0.5, 0.6) is 0 Å². The number of hydrogen-bond donors (Lipinski definition) is 1. The first-order valence-electron chi connectivity index (χ1n) is 11.3. The molecule has 0 atom stereocenters. The summed E-state index contributed by atoms with van der Waals surface area (Å²) in [5.74, 6) is -1.05. The number of aryl methyl sites for hydroxylation is 4. The van der Waals surface area contributed by atoms with Gasteiger partial charge in [-0.2, -0.15) is 0 Å². The van der Waals surface area contributed by atoms with Gasteiger partial charge in [0.25, 0.3) is 17.5 Å². The summed E-state index contributed by atoms with van der Waals surface area (Å²) in [6.07, 6.45) is 0. The second kappa shape index (κ2) is 8.57. The molecular weight excluding hydrogens is 522 g/mol. The average molecular weight is 544 g/mol. The Morgan fingerprint density at radius 3 is 2.19 bits per heavy atom. The Morgan fingerprint density at radius 1 is 0.833 bits per heavy atom. The van der Waals surface area contributed by atoms with E-state index in [4.69, 9.17) is 0 Å². The van der Waals surface area contributed by atoms with Gasteiger partial charge in [0.2, 0.25) is 0 Å². The average Bonchev–Trinajstić information content (AvgIpc) is 2.83. The van der Waals surface area contributed by atoms with Gasteiger partial charge in [0.05, 0.1) is 21.9 Å². The van der Waals surface area contributed by atoms with Crippen LogP contribution < -0.4 is 10.2 Å². The Morgan fingerprint density at radius 2 is 1.50 bits per heavy atom. The van der Waals surface area contributed by atoms with Gasteiger partial charge in [-0.1, -0.05) is 18.2 Å². The molecule has 36 heavy (non-hydrogen) atoms. The summed E-state index contributed by atoms with van der Waals surface area (Å²) in [5.41, 5.74) is 5.54. The Hall–Kier alpha value is -4.04. The molecule has 7 nitrogen and oxygen atoms in total. The normalized spacial score (nSPS) is 12.9. The second-order valence-electron chi connectivity index (χ2n) is 9.06. The molecule has 5 rings (SSSR count). The summed E-state index contributed by atoms with van der Waals surface area (Å²) < 4.78 is 0.744. The molecule has 4 aromatic rings. The molecule has 180 valence electrons. The van der Waals surface area contributed by atoms with Gasteiger partial charge in [-0.05, 0) is 96.2 Å². The Kier molecular flexibility index (Phi) is 5.64. The van der Waals surface area contributed by atoms with Gasteiger partial charge >= 0.3 is 0 Å². The molecule has 0 aliphatic carbocycles. The number of carbonyl (C=O) groups excluding carboxylic acids is 2. The summed E-state index contributed by atoms with van der Waals surface area (Å²) in [7, 11) is 0. The lowest BCUT2D eigenvalue weighted by molar-refractivity contribution is -0.383. The smallest absolute Gasteiger partial charge is 0.294 e. The van der Waals surface area contributed by atoms with Crippen molar-refractivity contribution in [2.45, 2.75) is 27.7 Å². The molecule has 1 heterocycles. The molecule has 0 bridgehead atoms. The van der Waals surface area contributed by atoms with Crippen molar-refractivity contribution in [2.24, 2.45) is 0 Å². The SMILES string of the molecule is Cc1ccc(N2C(=O)c3cccc4c(Nc5cc(C)c(C)cc5Br)c([N+](=O)[O-])cc(c34)C2=O)cc1C. The lowest BCUT2D eigenvalue weighted by Crippen LogP contribution is -2.40. The standard InChI is InChI=1S/C28H22BrN3O4/c1-14-8-9-18(10-15(14)2)31-27(33)20-7-5-6-19-25(20)21(28(31)34)13-24(32(35)36)26(19)30-23-12-17(4)16(3)11-22(23)29/h5-13,30H,1-4H3. The molecule has 0 unspecified atom stereocenters. The minimum Gasteiger partial charge on any atom is -0.348 e. The monoisotopic (exact) mass is 543 g/mol. The fraction of sp³-hybridized carbons (Fsp3) is 0.143. The highest BCUT2D eigenvalue weighted by atomic mass is 79.9. The first-order chi connectivity index (χ1) is 17.1. The maximum atomic E-state index is 13.6. The zero-order valence-electron chi connectivity index (χ0n) is 20.1. The summed E-state index contributed by atoms with van der Waals surface area (Å²) >= 11 is 3.53. The van der Waals surface area contributed by atoms with E-state index in [1.54, 1.807) is 30.3 Å². The molecule has 1 N–H and O–H groups in total. The quantitative estimate of drug-likeness (QED) is 0.166. The van der Waals surface area contributed by atoms with E-state index in [1.807, 2.05) is 45.9 Å². The van der Waals surface area contributed by atoms with Gasteiger partial charge in [0, 0.05) is 26.9 Å².